The molecule has 0 spiro atoms. The Labute approximate surface area is 230 Å². The highest BCUT2D eigenvalue weighted by Gasteiger charge is 2.24. The molecule has 0 saturated heterocycles. The van der Waals surface area contributed by atoms with Gasteiger partial charge in [0.2, 0.25) is 0 Å². The number of carbonyl (C=O) groups excluding carboxylic acids is 2. The van der Waals surface area contributed by atoms with Crippen molar-refractivity contribution in [1.29, 1.82) is 0 Å². The number of nitrogens with zero attached hydrogens (tertiary/aromatic N) is 4. The molecule has 2 aromatic carbocycles. The van der Waals surface area contributed by atoms with Gasteiger partial charge in [-0.05, 0) is 54.7 Å². The Balaban J connectivity index is 1.34. The van der Waals surface area contributed by atoms with Crippen LogP contribution in [0.15, 0.2) is 73.3 Å². The average Bonchev–Trinajstić information content (AvgIpc) is 3.49. The van der Waals surface area contributed by atoms with Crippen molar-refractivity contribution >= 4 is 23.2 Å². The lowest BCUT2D eigenvalue weighted by atomic mass is 10.0. The number of amides is 2. The first kappa shape index (κ1) is 27.8. The molecule has 4 aromatic rings. The number of carbonyl (C=O) groups is 2. The van der Waals surface area contributed by atoms with E-state index in [-0.39, 0.29) is 11.8 Å². The van der Waals surface area contributed by atoms with Crippen LogP contribution < -0.4 is 19.8 Å². The lowest BCUT2D eigenvalue weighted by Gasteiger charge is -2.08. The van der Waals surface area contributed by atoms with Crippen LogP contribution in [0.25, 0.3) is 0 Å². The van der Waals surface area contributed by atoms with Gasteiger partial charge in [-0.25, -0.2) is 18.3 Å². The van der Waals surface area contributed by atoms with E-state index in [2.05, 4.69) is 24.5 Å². The minimum atomic E-state index is -0.116. The lowest BCUT2D eigenvalue weighted by molar-refractivity contribution is -0.673. The Morgan fingerprint density at radius 2 is 1.05 bits per heavy atom. The minimum Gasteiger partial charge on any atom is -0.315 e. The van der Waals surface area contributed by atoms with E-state index in [0.29, 0.717) is 11.6 Å². The summed E-state index contributed by atoms with van der Waals surface area (Å²) in [6.45, 7) is 5.94. The van der Waals surface area contributed by atoms with Gasteiger partial charge in [-0.3, -0.25) is 9.59 Å². The number of imidazole rings is 2. The third kappa shape index (κ3) is 7.02. The Hall–Kier alpha value is -4.20. The van der Waals surface area contributed by atoms with Crippen molar-refractivity contribution in [2.75, 3.05) is 10.6 Å². The van der Waals surface area contributed by atoms with Crippen molar-refractivity contribution in [1.82, 2.24) is 9.13 Å². The molecule has 4 rings (SSSR count). The summed E-state index contributed by atoms with van der Waals surface area (Å²) in [7, 11) is 3.78. The van der Waals surface area contributed by atoms with E-state index in [1.54, 1.807) is 0 Å². The molecule has 2 heterocycles. The van der Waals surface area contributed by atoms with Crippen molar-refractivity contribution in [3.05, 3.63) is 96.1 Å². The van der Waals surface area contributed by atoms with Crippen molar-refractivity contribution in [2.24, 2.45) is 14.1 Å². The fourth-order valence-corrected chi connectivity index (χ4v) is 4.67. The molecule has 204 valence electrons. The number of hydrogen-bond donors (Lipinski definition) is 2. The first-order valence-electron chi connectivity index (χ1n) is 13.8. The number of nitrogens with one attached hydrogen (secondary N) is 2. The highest BCUT2D eigenvalue weighted by atomic mass is 16.2. The van der Waals surface area contributed by atoms with E-state index in [9.17, 15) is 9.59 Å². The van der Waals surface area contributed by atoms with E-state index in [0.717, 1.165) is 67.7 Å². The summed E-state index contributed by atoms with van der Waals surface area (Å²) in [5.41, 5.74) is 3.81. The lowest BCUT2D eigenvalue weighted by Crippen LogP contribution is -2.37. The summed E-state index contributed by atoms with van der Waals surface area (Å²) < 4.78 is 7.72. The second-order valence-electron chi connectivity index (χ2n) is 10.0. The predicted octanol–water partition coefficient (Wildman–Crippen LogP) is 4.63. The predicted molar refractivity (Wildman–Crippen MR) is 153 cm³/mol. The molecule has 2 amide bonds. The van der Waals surface area contributed by atoms with Gasteiger partial charge in [0, 0.05) is 11.4 Å². The third-order valence-corrected chi connectivity index (χ3v) is 6.90. The zero-order valence-corrected chi connectivity index (χ0v) is 23.5. The molecule has 0 unspecified atom stereocenters. The number of aryl methyl sites for hydroxylation is 4. The largest absolute Gasteiger partial charge is 0.348 e. The van der Waals surface area contributed by atoms with Gasteiger partial charge in [-0.2, -0.15) is 0 Å². The van der Waals surface area contributed by atoms with Gasteiger partial charge in [0.15, 0.2) is 0 Å². The number of benzene rings is 2. The van der Waals surface area contributed by atoms with E-state index in [4.69, 9.17) is 0 Å². The molecular weight excluding hydrogens is 488 g/mol. The molecule has 0 bridgehead atoms. The molecule has 0 aliphatic rings. The maximum absolute atomic E-state index is 12.9. The van der Waals surface area contributed by atoms with Crippen LogP contribution in [0.1, 0.15) is 71.9 Å². The van der Waals surface area contributed by atoms with E-state index in [1.165, 1.54) is 0 Å². The van der Waals surface area contributed by atoms with E-state index >= 15 is 0 Å². The highest BCUT2D eigenvalue weighted by molar-refractivity contribution is 6.01. The van der Waals surface area contributed by atoms with Crippen LogP contribution in [-0.2, 0) is 33.6 Å². The topological polar surface area (TPSA) is 75.8 Å². The molecule has 0 saturated carbocycles. The Morgan fingerprint density at radius 3 is 1.41 bits per heavy atom. The molecule has 8 heteroatoms. The standard InChI is InChI=1S/C31H38N6O2/c1-5-7-17-36-21-19-34(3)30(36)28(38)32-26-13-9-24(10-14-26)23-25-11-15-27(16-12-25)33-29(39)31-35(4)20-22-37(31)18-8-6-2/h9-16,19-22H,5-8,17-18,23H2,1-4H3/p+2. The van der Waals surface area contributed by atoms with Crippen LogP contribution in [0.2, 0.25) is 0 Å². The maximum atomic E-state index is 12.9. The summed E-state index contributed by atoms with van der Waals surface area (Å²) in [4.78, 5) is 25.9. The number of hydrogen-bond acceptors (Lipinski definition) is 2. The third-order valence-electron chi connectivity index (χ3n) is 6.90. The van der Waals surface area contributed by atoms with Crippen LogP contribution >= 0.6 is 0 Å². The second kappa shape index (κ2) is 13.0. The smallest absolute Gasteiger partial charge is 0.315 e. The van der Waals surface area contributed by atoms with Crippen LogP contribution in [0.3, 0.4) is 0 Å². The molecule has 8 nitrogen and oxygen atoms in total. The second-order valence-corrected chi connectivity index (χ2v) is 10.0. The van der Waals surface area contributed by atoms with Gasteiger partial charge in [-0.15, -0.1) is 0 Å². The van der Waals surface area contributed by atoms with Gasteiger partial charge in [0.05, 0.1) is 27.2 Å². The first-order valence-corrected chi connectivity index (χ1v) is 13.8. The average molecular weight is 529 g/mol. The molecule has 0 fully saturated rings. The highest BCUT2D eigenvalue weighted by Crippen LogP contribution is 2.17. The number of rotatable bonds is 12. The maximum Gasteiger partial charge on any atom is 0.348 e. The van der Waals surface area contributed by atoms with E-state index in [1.807, 2.05) is 106 Å². The van der Waals surface area contributed by atoms with Crippen molar-refractivity contribution in [2.45, 2.75) is 59.0 Å². The first-order chi connectivity index (χ1) is 18.9. The monoisotopic (exact) mass is 528 g/mol. The van der Waals surface area contributed by atoms with Gasteiger partial charge in [-0.1, -0.05) is 51.0 Å². The quantitative estimate of drug-likeness (QED) is 0.263. The summed E-state index contributed by atoms with van der Waals surface area (Å²) in [5, 5.41) is 6.05. The molecule has 2 aromatic heterocycles. The van der Waals surface area contributed by atoms with Crippen LogP contribution in [0.5, 0.6) is 0 Å². The Morgan fingerprint density at radius 1 is 0.667 bits per heavy atom. The van der Waals surface area contributed by atoms with Crippen molar-refractivity contribution in [3.8, 4) is 0 Å². The van der Waals surface area contributed by atoms with Crippen molar-refractivity contribution in [3.63, 3.8) is 0 Å². The number of anilines is 2. The van der Waals surface area contributed by atoms with Crippen molar-refractivity contribution < 1.29 is 18.7 Å². The van der Waals surface area contributed by atoms with Gasteiger partial charge >= 0.3 is 23.5 Å². The molecule has 0 aliphatic carbocycles. The molecule has 0 radical (unpaired) electrons. The van der Waals surface area contributed by atoms with Crippen LogP contribution in [0, 0.1) is 0 Å². The fraction of sp³-hybridized carbons (Fsp3) is 0.355. The zero-order chi connectivity index (χ0) is 27.8. The molecule has 2 N–H and O–H groups in total. The summed E-state index contributed by atoms with van der Waals surface area (Å²) in [5.74, 6) is 1.05. The van der Waals surface area contributed by atoms with Gasteiger partial charge < -0.3 is 10.6 Å². The van der Waals surface area contributed by atoms with Crippen LogP contribution in [-0.4, -0.2) is 20.9 Å². The Bertz CT molecular complexity index is 1290. The summed E-state index contributed by atoms with van der Waals surface area (Å²) in [6.07, 6.45) is 12.7. The molecular formula is C31H40N6O2+2. The summed E-state index contributed by atoms with van der Waals surface area (Å²) >= 11 is 0. The Kier molecular flexibility index (Phi) is 9.31. The molecule has 0 atom stereocenters. The summed E-state index contributed by atoms with van der Waals surface area (Å²) in [6, 6.07) is 15.9. The molecule has 0 aliphatic heterocycles. The number of aromatic nitrogens is 4. The fourth-order valence-electron chi connectivity index (χ4n) is 4.67. The van der Waals surface area contributed by atoms with Gasteiger partial charge in [0.25, 0.3) is 0 Å². The normalized spacial score (nSPS) is 11.0. The van der Waals surface area contributed by atoms with Crippen LogP contribution in [0.4, 0.5) is 11.4 Å². The van der Waals surface area contributed by atoms with E-state index < -0.39 is 0 Å². The molecule has 39 heavy (non-hydrogen) atoms. The van der Waals surface area contributed by atoms with Gasteiger partial charge in [0.1, 0.15) is 24.8 Å². The zero-order valence-electron chi connectivity index (χ0n) is 23.5. The SMILES string of the molecule is CCCCn1cc[n+](C)c1C(=O)Nc1ccc(Cc2ccc(NC(=O)c3n(CCCC)cc[n+]3C)cc2)cc1. The number of unbranched alkanes of at least 4 members (excludes halogenated alkanes) is 2. The minimum absolute atomic E-state index is 0.116.